The Hall–Kier alpha value is -2.63. The number of likely N-dealkylation sites (N-methyl/N-ethyl adjacent to an activating group) is 1. The largest absolute Gasteiger partial charge is 0.450 e. The molecule has 30 heavy (non-hydrogen) atoms. The minimum Gasteiger partial charge on any atom is -0.450 e. The van der Waals surface area contributed by atoms with Crippen molar-refractivity contribution in [3.05, 3.63) is 80.2 Å². The molecule has 156 valence electrons. The molecule has 1 aromatic heterocycles. The molecule has 6 heteroatoms. The van der Waals surface area contributed by atoms with E-state index in [1.807, 2.05) is 31.1 Å². The van der Waals surface area contributed by atoms with Gasteiger partial charge >= 0.3 is 0 Å². The van der Waals surface area contributed by atoms with Gasteiger partial charge in [0.15, 0.2) is 5.43 Å². The van der Waals surface area contributed by atoms with Crippen LogP contribution in [0.25, 0.3) is 11.0 Å². The van der Waals surface area contributed by atoms with Crippen LogP contribution in [0.4, 0.5) is 0 Å². The summed E-state index contributed by atoms with van der Waals surface area (Å²) in [6.45, 7) is 5.44. The Morgan fingerprint density at radius 3 is 2.43 bits per heavy atom. The lowest BCUT2D eigenvalue weighted by molar-refractivity contribution is 0.0716. The summed E-state index contributed by atoms with van der Waals surface area (Å²) in [6.07, 6.45) is 0. The molecule has 0 unspecified atom stereocenters. The number of fused-ring (bicyclic) bond motifs is 2. The second-order valence-electron chi connectivity index (χ2n) is 8.34. The molecule has 0 fully saturated rings. The van der Waals surface area contributed by atoms with Crippen LogP contribution in [0.15, 0.2) is 51.7 Å². The quantitative estimate of drug-likeness (QED) is 0.597. The summed E-state index contributed by atoms with van der Waals surface area (Å²) in [4.78, 5) is 30.5. The molecule has 1 aliphatic heterocycles. The van der Waals surface area contributed by atoms with Crippen LogP contribution in [0.1, 0.15) is 53.1 Å². The van der Waals surface area contributed by atoms with Crippen molar-refractivity contribution in [1.82, 2.24) is 9.80 Å². The second-order valence-corrected chi connectivity index (χ2v) is 8.78. The molecule has 1 amide bonds. The van der Waals surface area contributed by atoms with Crippen LogP contribution in [-0.2, 0) is 0 Å². The summed E-state index contributed by atoms with van der Waals surface area (Å²) in [5.74, 6) is 0.280. The van der Waals surface area contributed by atoms with E-state index in [9.17, 15) is 9.59 Å². The van der Waals surface area contributed by atoms with Crippen molar-refractivity contribution in [3.63, 3.8) is 0 Å². The van der Waals surface area contributed by atoms with Crippen LogP contribution in [0, 0.1) is 0 Å². The number of halogens is 1. The summed E-state index contributed by atoms with van der Waals surface area (Å²) in [6, 6.07) is 12.6. The summed E-state index contributed by atoms with van der Waals surface area (Å²) in [5.41, 5.74) is 2.68. The maximum absolute atomic E-state index is 13.5. The Bertz CT molecular complexity index is 1170. The van der Waals surface area contributed by atoms with E-state index < -0.39 is 6.04 Å². The minimum atomic E-state index is -0.478. The van der Waals surface area contributed by atoms with E-state index in [4.69, 9.17) is 16.0 Å². The number of hydrogen-bond acceptors (Lipinski definition) is 4. The van der Waals surface area contributed by atoms with Gasteiger partial charge in [-0.15, -0.1) is 0 Å². The van der Waals surface area contributed by atoms with Gasteiger partial charge in [-0.2, -0.15) is 0 Å². The Morgan fingerprint density at radius 2 is 1.80 bits per heavy atom. The molecule has 0 saturated carbocycles. The SMILES string of the molecule is CC(C)c1ccc([C@@H]2c3c(oc4ccc(Cl)cc4c3=O)C(=O)N2CCN(C)C)cc1. The molecule has 0 radical (unpaired) electrons. The first-order valence-electron chi connectivity index (χ1n) is 10.1. The van der Waals surface area contributed by atoms with Gasteiger partial charge in [0.2, 0.25) is 5.76 Å². The van der Waals surface area contributed by atoms with Gasteiger partial charge in [0.05, 0.1) is 17.0 Å². The van der Waals surface area contributed by atoms with Crippen LogP contribution in [-0.4, -0.2) is 42.9 Å². The molecule has 0 bridgehead atoms. The smallest absolute Gasteiger partial charge is 0.290 e. The molecule has 0 aliphatic carbocycles. The topological polar surface area (TPSA) is 53.8 Å². The maximum atomic E-state index is 13.5. The number of nitrogens with zero attached hydrogens (tertiary/aromatic N) is 2. The minimum absolute atomic E-state index is 0.131. The van der Waals surface area contributed by atoms with Gasteiger partial charge in [0.1, 0.15) is 5.58 Å². The van der Waals surface area contributed by atoms with Crippen molar-refractivity contribution < 1.29 is 9.21 Å². The van der Waals surface area contributed by atoms with Crippen molar-refractivity contribution in [2.75, 3.05) is 27.2 Å². The first kappa shape index (κ1) is 20.6. The van der Waals surface area contributed by atoms with E-state index in [0.29, 0.717) is 40.6 Å². The van der Waals surface area contributed by atoms with Crippen molar-refractivity contribution in [1.29, 1.82) is 0 Å². The predicted molar refractivity (Wildman–Crippen MR) is 119 cm³/mol. The Kier molecular flexibility index (Phi) is 5.43. The second kappa shape index (κ2) is 7.89. The average Bonchev–Trinajstić information content (AvgIpc) is 2.99. The van der Waals surface area contributed by atoms with Gasteiger partial charge in [-0.1, -0.05) is 49.7 Å². The molecule has 1 aliphatic rings. The summed E-state index contributed by atoms with van der Waals surface area (Å²) in [7, 11) is 3.92. The molecule has 0 N–H and O–H groups in total. The van der Waals surface area contributed by atoms with E-state index in [2.05, 4.69) is 26.0 Å². The number of amides is 1. The molecular weight excluding hydrogens is 400 g/mol. The molecule has 5 nitrogen and oxygen atoms in total. The molecule has 2 aromatic carbocycles. The van der Waals surface area contributed by atoms with Gasteiger partial charge in [-0.3, -0.25) is 9.59 Å². The summed E-state index contributed by atoms with van der Waals surface area (Å²) >= 11 is 6.12. The zero-order valence-corrected chi connectivity index (χ0v) is 18.4. The first-order valence-corrected chi connectivity index (χ1v) is 10.5. The summed E-state index contributed by atoms with van der Waals surface area (Å²) in [5, 5.41) is 0.855. The fourth-order valence-corrected chi connectivity index (χ4v) is 4.11. The Labute approximate surface area is 180 Å². The number of benzene rings is 2. The Balaban J connectivity index is 1.91. The molecule has 1 atom stereocenters. The van der Waals surface area contributed by atoms with E-state index in [-0.39, 0.29) is 17.1 Å². The van der Waals surface area contributed by atoms with Gasteiger partial charge < -0.3 is 14.2 Å². The van der Waals surface area contributed by atoms with Crippen molar-refractivity contribution in [2.24, 2.45) is 0 Å². The zero-order chi connectivity index (χ0) is 21.6. The lowest BCUT2D eigenvalue weighted by Crippen LogP contribution is -2.35. The highest BCUT2D eigenvalue weighted by Crippen LogP contribution is 2.38. The van der Waals surface area contributed by atoms with E-state index in [1.165, 1.54) is 5.56 Å². The third kappa shape index (κ3) is 3.53. The van der Waals surface area contributed by atoms with Crippen LogP contribution >= 0.6 is 11.6 Å². The van der Waals surface area contributed by atoms with E-state index in [0.717, 1.165) is 5.56 Å². The fraction of sp³-hybridized carbons (Fsp3) is 0.333. The third-order valence-electron chi connectivity index (χ3n) is 5.63. The normalized spacial score (nSPS) is 16.2. The standard InChI is InChI=1S/C24H25ClN2O3/c1-14(2)15-5-7-16(8-6-15)21-20-22(28)18-13-17(25)9-10-19(18)30-23(20)24(29)27(21)12-11-26(3)4/h5-10,13-14,21H,11-12H2,1-4H3/t21-/m1/s1. The van der Waals surface area contributed by atoms with Gasteiger partial charge in [-0.05, 0) is 49.3 Å². The highest BCUT2D eigenvalue weighted by Gasteiger charge is 2.42. The first-order chi connectivity index (χ1) is 14.3. The molecule has 4 rings (SSSR count). The third-order valence-corrected chi connectivity index (χ3v) is 5.87. The number of carbonyl (C=O) groups excluding carboxylic acids is 1. The molecule has 2 heterocycles. The Morgan fingerprint density at radius 1 is 1.10 bits per heavy atom. The number of rotatable bonds is 5. The maximum Gasteiger partial charge on any atom is 0.290 e. The molecule has 0 spiro atoms. The number of carbonyl (C=O) groups is 1. The van der Waals surface area contributed by atoms with Crippen molar-refractivity contribution >= 4 is 28.5 Å². The van der Waals surface area contributed by atoms with Crippen LogP contribution in [0.5, 0.6) is 0 Å². The molecule has 0 saturated heterocycles. The monoisotopic (exact) mass is 424 g/mol. The van der Waals surface area contributed by atoms with Crippen LogP contribution in [0.3, 0.4) is 0 Å². The number of hydrogen-bond donors (Lipinski definition) is 0. The molecular formula is C24H25ClN2O3. The predicted octanol–water partition coefficient (Wildman–Crippen LogP) is 4.68. The van der Waals surface area contributed by atoms with Crippen LogP contribution in [0.2, 0.25) is 5.02 Å². The highest BCUT2D eigenvalue weighted by molar-refractivity contribution is 6.31. The lowest BCUT2D eigenvalue weighted by Gasteiger charge is -2.26. The molecule has 3 aromatic rings. The van der Waals surface area contributed by atoms with Gasteiger partial charge in [-0.25, -0.2) is 0 Å². The van der Waals surface area contributed by atoms with E-state index in [1.54, 1.807) is 23.1 Å². The summed E-state index contributed by atoms with van der Waals surface area (Å²) < 4.78 is 5.94. The fourth-order valence-electron chi connectivity index (χ4n) is 3.94. The van der Waals surface area contributed by atoms with Gasteiger partial charge in [0.25, 0.3) is 5.91 Å². The highest BCUT2D eigenvalue weighted by atomic mass is 35.5. The van der Waals surface area contributed by atoms with Crippen LogP contribution < -0.4 is 5.43 Å². The van der Waals surface area contributed by atoms with Gasteiger partial charge in [0, 0.05) is 18.1 Å². The van der Waals surface area contributed by atoms with Crippen molar-refractivity contribution in [2.45, 2.75) is 25.8 Å². The van der Waals surface area contributed by atoms with E-state index >= 15 is 0 Å². The lowest BCUT2D eigenvalue weighted by atomic mass is 9.95. The zero-order valence-electron chi connectivity index (χ0n) is 17.6. The average molecular weight is 425 g/mol. The van der Waals surface area contributed by atoms with Crippen molar-refractivity contribution in [3.8, 4) is 0 Å².